The fourth-order valence-electron chi connectivity index (χ4n) is 11.1. The fourth-order valence-corrected chi connectivity index (χ4v) is 11.1. The minimum Gasteiger partial charge on any atom is -0.310 e. The molecule has 0 saturated heterocycles. The summed E-state index contributed by atoms with van der Waals surface area (Å²) in [6, 6.07) is 76.8. The number of hydrogen-bond acceptors (Lipinski definition) is 1. The second-order valence-corrected chi connectivity index (χ2v) is 18.9. The first-order valence-corrected chi connectivity index (χ1v) is 22.7. The second-order valence-electron chi connectivity index (χ2n) is 18.9. The highest BCUT2D eigenvalue weighted by Gasteiger charge is 2.38. The van der Waals surface area contributed by atoms with E-state index in [0.29, 0.717) is 0 Å². The van der Waals surface area contributed by atoms with Crippen LogP contribution in [0.1, 0.15) is 66.6 Å². The average Bonchev–Trinajstić information content (AvgIpc) is 3.71. The molecule has 0 aromatic heterocycles. The van der Waals surface area contributed by atoms with E-state index < -0.39 is 0 Å². The predicted molar refractivity (Wildman–Crippen MR) is 271 cm³/mol. The first-order valence-electron chi connectivity index (χ1n) is 22.7. The molecule has 0 spiro atoms. The van der Waals surface area contributed by atoms with Crippen molar-refractivity contribution in [3.63, 3.8) is 0 Å². The highest BCUT2D eigenvalue weighted by molar-refractivity contribution is 5.99. The monoisotopic (exact) mass is 819 g/mol. The number of fused-ring (bicyclic) bond motifs is 9. The molecule has 12 rings (SSSR count). The first kappa shape index (κ1) is 38.2. The van der Waals surface area contributed by atoms with Crippen molar-refractivity contribution in [3.8, 4) is 55.6 Å². The van der Waals surface area contributed by atoms with Gasteiger partial charge in [0, 0.05) is 27.9 Å². The van der Waals surface area contributed by atoms with E-state index in [1.807, 2.05) is 0 Å². The van der Waals surface area contributed by atoms with Crippen LogP contribution in [-0.2, 0) is 17.3 Å². The van der Waals surface area contributed by atoms with Gasteiger partial charge in [-0.3, -0.25) is 0 Å². The van der Waals surface area contributed by atoms with Crippen molar-refractivity contribution in [2.24, 2.45) is 0 Å². The minimum atomic E-state index is -0.0997. The number of benzene rings is 9. The van der Waals surface area contributed by atoms with Crippen LogP contribution >= 0.6 is 0 Å². The third-order valence-corrected chi connectivity index (χ3v) is 14.5. The third kappa shape index (κ3) is 6.06. The Kier molecular flexibility index (Phi) is 8.68. The predicted octanol–water partition coefficient (Wildman–Crippen LogP) is 16.9. The van der Waals surface area contributed by atoms with Crippen LogP contribution in [0.15, 0.2) is 206 Å². The lowest BCUT2D eigenvalue weighted by Crippen LogP contribution is -2.16. The second kappa shape index (κ2) is 14.5. The highest BCUT2D eigenvalue weighted by atomic mass is 15.1. The molecule has 0 radical (unpaired) electrons. The van der Waals surface area contributed by atoms with Gasteiger partial charge in [0.05, 0.1) is 0 Å². The molecule has 0 N–H and O–H groups in total. The quantitative estimate of drug-likeness (QED) is 0.162. The van der Waals surface area contributed by atoms with Crippen molar-refractivity contribution in [1.82, 2.24) is 0 Å². The summed E-state index contributed by atoms with van der Waals surface area (Å²) in [5, 5.41) is 0. The Labute approximate surface area is 377 Å². The lowest BCUT2D eigenvalue weighted by molar-refractivity contribution is 0.660. The van der Waals surface area contributed by atoms with Crippen molar-refractivity contribution < 1.29 is 0 Å². The number of anilines is 3. The zero-order valence-corrected chi connectivity index (χ0v) is 36.9. The number of nitrogens with zero attached hydrogens (tertiary/aromatic N) is 1. The van der Waals surface area contributed by atoms with Gasteiger partial charge in [-0.1, -0.05) is 185 Å². The van der Waals surface area contributed by atoms with Gasteiger partial charge in [0.1, 0.15) is 0 Å². The molecular formula is C63H49N. The Morgan fingerprint density at radius 1 is 0.344 bits per heavy atom. The molecule has 0 aliphatic heterocycles. The molecule has 3 aliphatic rings. The Morgan fingerprint density at radius 2 is 0.844 bits per heavy atom. The summed E-state index contributed by atoms with van der Waals surface area (Å²) in [6.07, 6.45) is 3.29. The maximum atomic E-state index is 2.52. The van der Waals surface area contributed by atoms with Gasteiger partial charge in [-0.05, 0) is 161 Å². The lowest BCUT2D eigenvalue weighted by atomic mass is 9.76. The van der Waals surface area contributed by atoms with Crippen LogP contribution in [0.2, 0.25) is 0 Å². The minimum absolute atomic E-state index is 0.0680. The molecule has 306 valence electrons. The molecule has 3 aliphatic carbocycles. The van der Waals surface area contributed by atoms with Gasteiger partial charge < -0.3 is 4.90 Å². The summed E-state index contributed by atoms with van der Waals surface area (Å²) >= 11 is 0. The average molecular weight is 820 g/mol. The fraction of sp³-hybridized carbons (Fsp3) is 0.111. The van der Waals surface area contributed by atoms with E-state index in [-0.39, 0.29) is 10.8 Å². The summed E-state index contributed by atoms with van der Waals surface area (Å²) in [5.74, 6) is 0. The summed E-state index contributed by atoms with van der Waals surface area (Å²) in [6.45, 7) is 9.49. The highest BCUT2D eigenvalue weighted by Crippen LogP contribution is 2.54. The van der Waals surface area contributed by atoms with E-state index in [4.69, 9.17) is 0 Å². The Hall–Kier alpha value is -7.48. The first-order chi connectivity index (χ1) is 31.2. The van der Waals surface area contributed by atoms with Crippen molar-refractivity contribution in [2.75, 3.05) is 4.90 Å². The molecule has 0 bridgehead atoms. The largest absolute Gasteiger partial charge is 0.310 e. The summed E-state index contributed by atoms with van der Waals surface area (Å²) in [5.41, 5.74) is 27.0. The van der Waals surface area contributed by atoms with E-state index >= 15 is 0 Å². The number of rotatable bonds is 6. The van der Waals surface area contributed by atoms with Gasteiger partial charge in [0.15, 0.2) is 0 Å². The van der Waals surface area contributed by atoms with E-state index in [1.165, 1.54) is 100 Å². The summed E-state index contributed by atoms with van der Waals surface area (Å²) in [4.78, 5) is 2.42. The molecule has 9 aromatic rings. The molecular weight excluding hydrogens is 771 g/mol. The van der Waals surface area contributed by atoms with Crippen LogP contribution in [0.4, 0.5) is 17.1 Å². The molecule has 0 amide bonds. The molecule has 1 heteroatoms. The van der Waals surface area contributed by atoms with Crippen LogP contribution in [0.25, 0.3) is 67.3 Å². The summed E-state index contributed by atoms with van der Waals surface area (Å²) < 4.78 is 0. The van der Waals surface area contributed by atoms with E-state index in [1.54, 1.807) is 0 Å². The SMILES string of the molecule is CC1(C)c2ccccc2-c2ccc(N(c3ccc(-c4ccccc4)cc3)c3ccc(-c4ccc5c(c4)-c4cc6c(cc4/C(=C\c4ccccc4)C5)C(C)(C)c4ccccc4-6)cc3)cc21. The molecule has 1 nitrogen and oxygen atoms in total. The zero-order valence-electron chi connectivity index (χ0n) is 36.9. The van der Waals surface area contributed by atoms with Crippen LogP contribution < -0.4 is 4.90 Å². The van der Waals surface area contributed by atoms with Gasteiger partial charge in [0.25, 0.3) is 0 Å². The van der Waals surface area contributed by atoms with Crippen LogP contribution in [0.5, 0.6) is 0 Å². The number of allylic oxidation sites excluding steroid dienone is 1. The molecule has 9 aromatic carbocycles. The van der Waals surface area contributed by atoms with Crippen molar-refractivity contribution in [1.29, 1.82) is 0 Å². The lowest BCUT2D eigenvalue weighted by Gasteiger charge is -2.28. The van der Waals surface area contributed by atoms with E-state index in [2.05, 4.69) is 245 Å². The summed E-state index contributed by atoms with van der Waals surface area (Å²) in [7, 11) is 0. The Morgan fingerprint density at radius 3 is 1.50 bits per heavy atom. The van der Waals surface area contributed by atoms with Gasteiger partial charge >= 0.3 is 0 Å². The molecule has 0 fully saturated rings. The number of hydrogen-bond donors (Lipinski definition) is 0. The van der Waals surface area contributed by atoms with Gasteiger partial charge in [-0.25, -0.2) is 0 Å². The van der Waals surface area contributed by atoms with Crippen molar-refractivity contribution in [2.45, 2.75) is 44.9 Å². The maximum absolute atomic E-state index is 2.52. The third-order valence-electron chi connectivity index (χ3n) is 14.5. The zero-order chi connectivity index (χ0) is 43.2. The Balaban J connectivity index is 0.952. The molecule has 64 heavy (non-hydrogen) atoms. The smallest absolute Gasteiger partial charge is 0.0465 e. The van der Waals surface area contributed by atoms with Crippen LogP contribution in [0, 0.1) is 0 Å². The van der Waals surface area contributed by atoms with Gasteiger partial charge in [-0.15, -0.1) is 0 Å². The van der Waals surface area contributed by atoms with E-state index in [9.17, 15) is 0 Å². The molecule has 0 heterocycles. The molecule has 0 unspecified atom stereocenters. The van der Waals surface area contributed by atoms with Gasteiger partial charge in [-0.2, -0.15) is 0 Å². The molecule has 0 atom stereocenters. The topological polar surface area (TPSA) is 3.24 Å². The maximum Gasteiger partial charge on any atom is 0.0465 e. The van der Waals surface area contributed by atoms with E-state index in [0.717, 1.165) is 23.5 Å². The molecule has 0 saturated carbocycles. The van der Waals surface area contributed by atoms with Crippen molar-refractivity contribution in [3.05, 3.63) is 245 Å². The van der Waals surface area contributed by atoms with Crippen LogP contribution in [-0.4, -0.2) is 0 Å². The standard InChI is InChI=1S/C63H49N/c1-62(2)58-21-13-11-19-51(58)53-34-33-50(38-60(53)62)64(48-29-25-43(26-30-48)42-17-9-6-10-18-42)49-31-27-44(28-32-49)45-23-24-46-36-47(35-41-15-7-5-8-16-41)55-40-61-57(39-56(55)54(46)37-45)52-20-12-14-22-59(52)63(61,3)4/h5-35,37-40H,36H2,1-4H3/b47-35-. The van der Waals surface area contributed by atoms with Gasteiger partial charge in [0.2, 0.25) is 0 Å². The van der Waals surface area contributed by atoms with Crippen molar-refractivity contribution >= 4 is 28.7 Å². The van der Waals surface area contributed by atoms with Crippen LogP contribution in [0.3, 0.4) is 0 Å². The normalized spacial score (nSPS) is 15.1. The Bertz CT molecular complexity index is 3310.